The summed E-state index contributed by atoms with van der Waals surface area (Å²) in [6.07, 6.45) is 0. The minimum Gasteiger partial charge on any atom is -0.304 e. The number of carbonyl (C=O) groups is 1. The summed E-state index contributed by atoms with van der Waals surface area (Å²) in [6.45, 7) is 1.87. The highest BCUT2D eigenvalue weighted by Gasteiger charge is 2.13. The van der Waals surface area contributed by atoms with Gasteiger partial charge in [0, 0.05) is 27.7 Å². The van der Waals surface area contributed by atoms with Crippen LogP contribution in [-0.2, 0) is 0 Å². The number of nitrogens with one attached hydrogen (secondary N) is 2. The molecule has 5 nitrogen and oxygen atoms in total. The largest absolute Gasteiger partial charge is 0.304 e. The number of aromatic amines is 1. The molecule has 0 aliphatic rings. The SMILES string of the molecule is Cc1cc(NC(=O)c2csc(-c3ccc(Cl)cc3)n2)n[nH]1. The molecule has 0 saturated carbocycles. The first kappa shape index (κ1) is 13.8. The van der Waals surface area contributed by atoms with Crippen molar-refractivity contribution >= 4 is 34.7 Å². The van der Waals surface area contributed by atoms with Crippen LogP contribution < -0.4 is 5.32 Å². The maximum absolute atomic E-state index is 12.1. The molecule has 3 rings (SSSR count). The maximum Gasteiger partial charge on any atom is 0.276 e. The molecule has 2 N–H and O–H groups in total. The Morgan fingerprint density at radius 2 is 2.10 bits per heavy atom. The molecule has 0 saturated heterocycles. The summed E-state index contributed by atoms with van der Waals surface area (Å²) in [5.41, 5.74) is 2.18. The lowest BCUT2D eigenvalue weighted by Gasteiger charge is -1.98. The van der Waals surface area contributed by atoms with Crippen molar-refractivity contribution in [3.05, 3.63) is 52.1 Å². The van der Waals surface area contributed by atoms with E-state index in [4.69, 9.17) is 11.6 Å². The minimum absolute atomic E-state index is 0.280. The lowest BCUT2D eigenvalue weighted by atomic mass is 10.2. The molecule has 0 aliphatic heterocycles. The Labute approximate surface area is 130 Å². The molecule has 0 bridgehead atoms. The van der Waals surface area contributed by atoms with E-state index in [0.29, 0.717) is 16.5 Å². The topological polar surface area (TPSA) is 70.7 Å². The quantitative estimate of drug-likeness (QED) is 0.772. The van der Waals surface area contributed by atoms with E-state index in [1.54, 1.807) is 23.6 Å². The Hall–Kier alpha value is -2.18. The van der Waals surface area contributed by atoms with E-state index in [9.17, 15) is 4.79 Å². The standard InChI is InChI=1S/C14H11ClN4OS/c1-8-6-12(19-18-8)17-13(20)11-7-21-14(16-11)9-2-4-10(15)5-3-9/h2-7H,1H3,(H2,17,18,19,20). The number of H-pyrrole nitrogens is 1. The summed E-state index contributed by atoms with van der Waals surface area (Å²) in [4.78, 5) is 16.4. The minimum atomic E-state index is -0.280. The predicted molar refractivity (Wildman–Crippen MR) is 83.8 cm³/mol. The van der Waals surface area contributed by atoms with Crippen LogP contribution in [0.25, 0.3) is 10.6 Å². The van der Waals surface area contributed by atoms with Crippen LogP contribution in [0.4, 0.5) is 5.82 Å². The van der Waals surface area contributed by atoms with E-state index in [1.807, 2.05) is 19.1 Å². The Balaban J connectivity index is 1.78. The molecule has 21 heavy (non-hydrogen) atoms. The number of amides is 1. The molecular weight excluding hydrogens is 308 g/mol. The summed E-state index contributed by atoms with van der Waals surface area (Å²) in [5.74, 6) is 0.205. The highest BCUT2D eigenvalue weighted by Crippen LogP contribution is 2.25. The van der Waals surface area contributed by atoms with Gasteiger partial charge in [0.05, 0.1) is 0 Å². The summed E-state index contributed by atoms with van der Waals surface area (Å²) < 4.78 is 0. The second kappa shape index (κ2) is 5.67. The van der Waals surface area contributed by atoms with Gasteiger partial charge in [-0.25, -0.2) is 4.98 Å². The van der Waals surface area contributed by atoms with Gasteiger partial charge in [-0.1, -0.05) is 23.7 Å². The molecule has 0 unspecified atom stereocenters. The fraction of sp³-hybridized carbons (Fsp3) is 0.0714. The van der Waals surface area contributed by atoms with E-state index in [1.165, 1.54) is 11.3 Å². The summed E-state index contributed by atoms with van der Waals surface area (Å²) in [6, 6.07) is 9.10. The third kappa shape index (κ3) is 3.12. The Morgan fingerprint density at radius 3 is 2.76 bits per heavy atom. The van der Waals surface area contributed by atoms with Crippen LogP contribution >= 0.6 is 22.9 Å². The third-order valence-electron chi connectivity index (χ3n) is 2.78. The fourth-order valence-corrected chi connectivity index (χ4v) is 2.70. The molecule has 1 amide bonds. The summed E-state index contributed by atoms with van der Waals surface area (Å²) in [7, 11) is 0. The number of thiazole rings is 1. The number of benzene rings is 1. The van der Waals surface area contributed by atoms with Gasteiger partial charge in [-0.2, -0.15) is 5.10 Å². The van der Waals surface area contributed by atoms with Gasteiger partial charge in [0.2, 0.25) is 0 Å². The molecule has 0 atom stereocenters. The van der Waals surface area contributed by atoms with Gasteiger partial charge >= 0.3 is 0 Å². The molecule has 0 spiro atoms. The Bertz CT molecular complexity index is 778. The molecule has 2 heterocycles. The second-order valence-corrected chi connectivity index (χ2v) is 5.73. The molecule has 1 aromatic carbocycles. The number of rotatable bonds is 3. The second-order valence-electron chi connectivity index (χ2n) is 4.44. The number of carbonyl (C=O) groups excluding carboxylic acids is 1. The van der Waals surface area contributed by atoms with Crippen LogP contribution in [0.2, 0.25) is 5.02 Å². The highest BCUT2D eigenvalue weighted by atomic mass is 35.5. The number of halogens is 1. The normalized spacial score (nSPS) is 10.6. The zero-order valence-corrected chi connectivity index (χ0v) is 12.6. The lowest BCUT2D eigenvalue weighted by Crippen LogP contribution is -2.12. The van der Waals surface area contributed by atoms with Crippen molar-refractivity contribution in [2.75, 3.05) is 5.32 Å². The van der Waals surface area contributed by atoms with E-state index < -0.39 is 0 Å². The van der Waals surface area contributed by atoms with Gasteiger partial charge in [0.25, 0.3) is 5.91 Å². The molecule has 2 aromatic heterocycles. The van der Waals surface area contributed by atoms with Crippen LogP contribution in [-0.4, -0.2) is 21.1 Å². The third-order valence-corrected chi connectivity index (χ3v) is 3.92. The fourth-order valence-electron chi connectivity index (χ4n) is 1.77. The zero-order valence-electron chi connectivity index (χ0n) is 11.1. The van der Waals surface area contributed by atoms with Crippen LogP contribution in [0.5, 0.6) is 0 Å². The van der Waals surface area contributed by atoms with Gasteiger partial charge < -0.3 is 5.32 Å². The molecule has 0 fully saturated rings. The van der Waals surface area contributed by atoms with Gasteiger partial charge in [-0.05, 0) is 19.1 Å². The van der Waals surface area contributed by atoms with Gasteiger partial charge in [-0.15, -0.1) is 11.3 Å². The molecule has 7 heteroatoms. The van der Waals surface area contributed by atoms with Gasteiger partial charge in [0.15, 0.2) is 5.82 Å². The van der Waals surface area contributed by atoms with Crippen molar-refractivity contribution < 1.29 is 4.79 Å². The summed E-state index contributed by atoms with van der Waals surface area (Å²) >= 11 is 7.27. The maximum atomic E-state index is 12.1. The van der Waals surface area contributed by atoms with Gasteiger partial charge in [0.1, 0.15) is 10.7 Å². The van der Waals surface area contributed by atoms with E-state index in [2.05, 4.69) is 20.5 Å². The Kier molecular flexibility index (Phi) is 3.72. The Morgan fingerprint density at radius 1 is 1.33 bits per heavy atom. The average molecular weight is 319 g/mol. The molecule has 106 valence electrons. The van der Waals surface area contributed by atoms with E-state index in [0.717, 1.165) is 16.3 Å². The first-order valence-corrected chi connectivity index (χ1v) is 7.42. The van der Waals surface area contributed by atoms with Crippen LogP contribution in [0.15, 0.2) is 35.7 Å². The number of hydrogen-bond acceptors (Lipinski definition) is 4. The average Bonchev–Trinajstić information content (AvgIpc) is 3.09. The monoisotopic (exact) mass is 318 g/mol. The van der Waals surface area contributed by atoms with E-state index >= 15 is 0 Å². The van der Waals surface area contributed by atoms with Crippen molar-refractivity contribution in [1.82, 2.24) is 15.2 Å². The van der Waals surface area contributed by atoms with Crippen molar-refractivity contribution in [1.29, 1.82) is 0 Å². The molecule has 0 aliphatic carbocycles. The molecule has 3 aromatic rings. The van der Waals surface area contributed by atoms with Crippen LogP contribution in [0, 0.1) is 6.92 Å². The highest BCUT2D eigenvalue weighted by molar-refractivity contribution is 7.13. The van der Waals surface area contributed by atoms with Crippen molar-refractivity contribution in [3.8, 4) is 10.6 Å². The number of aromatic nitrogens is 3. The molecular formula is C14H11ClN4OS. The zero-order chi connectivity index (χ0) is 14.8. The number of anilines is 1. The number of aryl methyl sites for hydroxylation is 1. The van der Waals surface area contributed by atoms with Crippen molar-refractivity contribution in [3.63, 3.8) is 0 Å². The predicted octanol–water partition coefficient (Wildman–Crippen LogP) is 3.75. The van der Waals surface area contributed by atoms with Crippen LogP contribution in [0.3, 0.4) is 0 Å². The first-order valence-electron chi connectivity index (χ1n) is 6.16. The first-order chi connectivity index (χ1) is 10.1. The van der Waals surface area contributed by atoms with Crippen LogP contribution in [0.1, 0.15) is 16.2 Å². The van der Waals surface area contributed by atoms with Crippen molar-refractivity contribution in [2.45, 2.75) is 6.92 Å². The number of nitrogens with zero attached hydrogens (tertiary/aromatic N) is 2. The van der Waals surface area contributed by atoms with Crippen molar-refractivity contribution in [2.24, 2.45) is 0 Å². The van der Waals surface area contributed by atoms with E-state index in [-0.39, 0.29) is 5.91 Å². The van der Waals surface area contributed by atoms with Gasteiger partial charge in [-0.3, -0.25) is 9.89 Å². The summed E-state index contributed by atoms with van der Waals surface area (Å²) in [5, 5.41) is 12.6. The molecule has 0 radical (unpaired) electrons. The lowest BCUT2D eigenvalue weighted by molar-refractivity contribution is 0.102. The number of hydrogen-bond donors (Lipinski definition) is 2. The smallest absolute Gasteiger partial charge is 0.276 e.